The van der Waals surface area contributed by atoms with Crippen molar-refractivity contribution in [3.63, 3.8) is 0 Å². The first-order chi connectivity index (χ1) is 13.0. The number of nitriles is 1. The largest absolute Gasteiger partial charge is 0.411 e. The van der Waals surface area contributed by atoms with Crippen molar-refractivity contribution < 1.29 is 9.21 Å². The number of amides is 1. The molecule has 3 rings (SSSR count). The Morgan fingerprint density at radius 2 is 1.93 bits per heavy atom. The maximum Gasteiger partial charge on any atom is 0.277 e. The van der Waals surface area contributed by atoms with Crippen LogP contribution in [-0.4, -0.2) is 21.9 Å². The summed E-state index contributed by atoms with van der Waals surface area (Å²) < 4.78 is 5.56. The first kappa shape index (κ1) is 19.0. The Morgan fingerprint density at radius 1 is 1.22 bits per heavy atom. The zero-order valence-electron chi connectivity index (χ0n) is 14.3. The van der Waals surface area contributed by atoms with Crippen molar-refractivity contribution >= 4 is 29.3 Å². The number of nitrogens with zero attached hydrogens (tertiary/aromatic N) is 3. The van der Waals surface area contributed by atoms with E-state index in [0.29, 0.717) is 21.7 Å². The summed E-state index contributed by atoms with van der Waals surface area (Å²) in [6.07, 6.45) is 0. The molecule has 1 unspecified atom stereocenters. The van der Waals surface area contributed by atoms with Crippen molar-refractivity contribution in [3.8, 4) is 17.5 Å². The predicted molar refractivity (Wildman–Crippen MR) is 103 cm³/mol. The van der Waals surface area contributed by atoms with E-state index < -0.39 is 0 Å². The van der Waals surface area contributed by atoms with E-state index in [1.165, 1.54) is 11.8 Å². The molecule has 0 aliphatic rings. The maximum absolute atomic E-state index is 12.1. The molecular formula is C19H15ClN4O2S. The molecule has 0 aliphatic heterocycles. The fourth-order valence-corrected chi connectivity index (χ4v) is 3.02. The third-order valence-corrected chi connectivity index (χ3v) is 4.81. The van der Waals surface area contributed by atoms with Crippen LogP contribution in [0.15, 0.2) is 58.2 Å². The molecule has 1 amide bonds. The predicted octanol–water partition coefficient (Wildman–Crippen LogP) is 4.23. The van der Waals surface area contributed by atoms with E-state index in [1.54, 1.807) is 36.4 Å². The number of hydrogen-bond acceptors (Lipinski definition) is 6. The Labute approximate surface area is 165 Å². The van der Waals surface area contributed by atoms with Gasteiger partial charge >= 0.3 is 0 Å². The quantitative estimate of drug-likeness (QED) is 0.624. The second-order valence-electron chi connectivity index (χ2n) is 5.69. The lowest BCUT2D eigenvalue weighted by atomic mass is 10.1. The van der Waals surface area contributed by atoms with E-state index in [0.717, 1.165) is 11.1 Å². The van der Waals surface area contributed by atoms with Gasteiger partial charge in [0.05, 0.1) is 23.4 Å². The average molecular weight is 399 g/mol. The van der Waals surface area contributed by atoms with E-state index in [4.69, 9.17) is 21.3 Å². The summed E-state index contributed by atoms with van der Waals surface area (Å²) in [5, 5.41) is 20.6. The minimum absolute atomic E-state index is 0.150. The first-order valence-corrected chi connectivity index (χ1v) is 9.43. The fourth-order valence-electron chi connectivity index (χ4n) is 2.32. The van der Waals surface area contributed by atoms with Crippen LogP contribution in [0.1, 0.15) is 24.1 Å². The van der Waals surface area contributed by atoms with Crippen LogP contribution in [0.3, 0.4) is 0 Å². The van der Waals surface area contributed by atoms with E-state index in [2.05, 4.69) is 21.6 Å². The highest BCUT2D eigenvalue weighted by atomic mass is 35.5. The maximum atomic E-state index is 12.1. The van der Waals surface area contributed by atoms with Gasteiger partial charge in [0.25, 0.3) is 5.22 Å². The molecule has 0 bridgehead atoms. The van der Waals surface area contributed by atoms with Gasteiger partial charge in [-0.3, -0.25) is 4.79 Å². The molecule has 0 fully saturated rings. The van der Waals surface area contributed by atoms with Crippen LogP contribution < -0.4 is 5.32 Å². The standard InChI is InChI=1S/C19H15ClN4O2S/c1-12(14-4-2-13(10-21)3-5-14)22-17(25)11-27-19-24-23-18(26-19)15-6-8-16(20)9-7-15/h2-9,12H,11H2,1H3,(H,22,25). The van der Waals surface area contributed by atoms with E-state index in [1.807, 2.05) is 19.1 Å². The number of thioether (sulfide) groups is 1. The Morgan fingerprint density at radius 3 is 2.59 bits per heavy atom. The zero-order chi connectivity index (χ0) is 19.2. The number of halogens is 1. The Bertz CT molecular complexity index is 965. The summed E-state index contributed by atoms with van der Waals surface area (Å²) in [4.78, 5) is 12.1. The number of benzene rings is 2. The molecule has 1 N–H and O–H groups in total. The lowest BCUT2D eigenvalue weighted by Gasteiger charge is -2.13. The van der Waals surface area contributed by atoms with Crippen molar-refractivity contribution in [1.29, 1.82) is 5.26 Å². The molecule has 0 spiro atoms. The summed E-state index contributed by atoms with van der Waals surface area (Å²) >= 11 is 7.03. The van der Waals surface area contributed by atoms with Crippen LogP contribution in [-0.2, 0) is 4.79 Å². The lowest BCUT2D eigenvalue weighted by molar-refractivity contribution is -0.119. The SMILES string of the molecule is CC(NC(=O)CSc1nnc(-c2ccc(Cl)cc2)o1)c1ccc(C#N)cc1. The zero-order valence-corrected chi connectivity index (χ0v) is 15.9. The topological polar surface area (TPSA) is 91.8 Å². The van der Waals surface area contributed by atoms with Crippen LogP contribution in [0.25, 0.3) is 11.5 Å². The molecule has 27 heavy (non-hydrogen) atoms. The highest BCUT2D eigenvalue weighted by Crippen LogP contribution is 2.24. The van der Waals surface area contributed by atoms with Crippen molar-refractivity contribution in [2.24, 2.45) is 0 Å². The van der Waals surface area contributed by atoms with Gasteiger partial charge in [-0.25, -0.2) is 0 Å². The molecule has 0 aliphatic carbocycles. The second-order valence-corrected chi connectivity index (χ2v) is 7.05. The number of hydrogen-bond donors (Lipinski definition) is 1. The molecule has 1 aromatic heterocycles. The monoisotopic (exact) mass is 398 g/mol. The van der Waals surface area contributed by atoms with Gasteiger partial charge in [0, 0.05) is 10.6 Å². The molecule has 0 saturated heterocycles. The number of nitrogens with one attached hydrogen (secondary N) is 1. The summed E-state index contributed by atoms with van der Waals surface area (Å²) in [6, 6.07) is 16.1. The Hall–Kier alpha value is -2.82. The summed E-state index contributed by atoms with van der Waals surface area (Å²) in [6.45, 7) is 1.88. The van der Waals surface area contributed by atoms with Crippen molar-refractivity contribution in [2.75, 3.05) is 5.75 Å². The number of aromatic nitrogens is 2. The van der Waals surface area contributed by atoms with Crippen molar-refractivity contribution in [2.45, 2.75) is 18.2 Å². The van der Waals surface area contributed by atoms with Crippen LogP contribution in [0.5, 0.6) is 0 Å². The van der Waals surface area contributed by atoms with E-state index >= 15 is 0 Å². The van der Waals surface area contributed by atoms with Gasteiger partial charge in [-0.15, -0.1) is 10.2 Å². The number of carbonyl (C=O) groups excluding carboxylic acids is 1. The molecule has 8 heteroatoms. The Kier molecular flexibility index (Phi) is 6.12. The van der Waals surface area contributed by atoms with Crippen LogP contribution >= 0.6 is 23.4 Å². The molecule has 0 saturated carbocycles. The van der Waals surface area contributed by atoms with E-state index in [-0.39, 0.29) is 17.7 Å². The molecule has 0 radical (unpaired) electrons. The second kappa shape index (κ2) is 8.71. The number of rotatable bonds is 6. The van der Waals surface area contributed by atoms with E-state index in [9.17, 15) is 4.79 Å². The minimum atomic E-state index is -0.168. The average Bonchev–Trinajstić information content (AvgIpc) is 3.16. The summed E-state index contributed by atoms with van der Waals surface area (Å²) in [7, 11) is 0. The molecule has 136 valence electrons. The van der Waals surface area contributed by atoms with Gasteiger partial charge in [0.2, 0.25) is 11.8 Å². The van der Waals surface area contributed by atoms with Crippen molar-refractivity contribution in [3.05, 3.63) is 64.7 Å². The molecule has 3 aromatic rings. The normalized spacial score (nSPS) is 11.6. The van der Waals surface area contributed by atoms with Gasteiger partial charge in [-0.2, -0.15) is 5.26 Å². The summed E-state index contributed by atoms with van der Waals surface area (Å²) in [5.41, 5.74) is 2.27. The Balaban J connectivity index is 1.53. The molecule has 2 aromatic carbocycles. The highest BCUT2D eigenvalue weighted by Gasteiger charge is 2.13. The van der Waals surface area contributed by atoms with Crippen LogP contribution in [0, 0.1) is 11.3 Å². The van der Waals surface area contributed by atoms with Crippen molar-refractivity contribution in [1.82, 2.24) is 15.5 Å². The van der Waals surface area contributed by atoms with Gasteiger partial charge in [-0.05, 0) is 48.9 Å². The highest BCUT2D eigenvalue weighted by molar-refractivity contribution is 7.99. The van der Waals surface area contributed by atoms with Gasteiger partial charge in [0.1, 0.15) is 0 Å². The molecule has 1 atom stereocenters. The first-order valence-electron chi connectivity index (χ1n) is 8.07. The molecule has 6 nitrogen and oxygen atoms in total. The van der Waals surface area contributed by atoms with Gasteiger partial charge in [0.15, 0.2) is 0 Å². The van der Waals surface area contributed by atoms with Crippen LogP contribution in [0.2, 0.25) is 5.02 Å². The number of carbonyl (C=O) groups is 1. The smallest absolute Gasteiger partial charge is 0.277 e. The molecular weight excluding hydrogens is 384 g/mol. The minimum Gasteiger partial charge on any atom is -0.411 e. The third kappa shape index (κ3) is 5.09. The lowest BCUT2D eigenvalue weighted by Crippen LogP contribution is -2.28. The summed E-state index contributed by atoms with van der Waals surface area (Å²) in [5.74, 6) is 0.381. The van der Waals surface area contributed by atoms with Crippen LogP contribution in [0.4, 0.5) is 0 Å². The van der Waals surface area contributed by atoms with Gasteiger partial charge < -0.3 is 9.73 Å². The fraction of sp³-hybridized carbons (Fsp3) is 0.158. The third-order valence-electron chi connectivity index (χ3n) is 3.74. The molecule has 1 heterocycles. The van der Waals surface area contributed by atoms with Gasteiger partial charge in [-0.1, -0.05) is 35.5 Å².